The predicted octanol–water partition coefficient (Wildman–Crippen LogP) is 2.31. The van der Waals surface area contributed by atoms with E-state index in [4.69, 9.17) is 9.84 Å². The molecule has 1 heterocycles. The van der Waals surface area contributed by atoms with Crippen LogP contribution in [0, 0.1) is 0 Å². The normalized spacial score (nSPS) is 10.4. The summed E-state index contributed by atoms with van der Waals surface area (Å²) in [6.45, 7) is 0. The molecule has 100 valence electrons. The summed E-state index contributed by atoms with van der Waals surface area (Å²) in [4.78, 5) is 10.5. The number of aromatic nitrogens is 2. The van der Waals surface area contributed by atoms with Gasteiger partial charge in [-0.15, -0.1) is 10.2 Å². The molecule has 0 aliphatic rings. The minimum absolute atomic E-state index is 0.0111. The fourth-order valence-electron chi connectivity index (χ4n) is 1.41. The lowest BCUT2D eigenvalue weighted by Crippen LogP contribution is -1.96. The molecule has 2 rings (SSSR count). The van der Waals surface area contributed by atoms with E-state index < -0.39 is 5.97 Å². The van der Waals surface area contributed by atoms with Crippen molar-refractivity contribution in [2.24, 2.45) is 0 Å². The first kappa shape index (κ1) is 13.8. The van der Waals surface area contributed by atoms with Crippen LogP contribution >= 0.6 is 23.1 Å². The average molecular weight is 296 g/mol. The summed E-state index contributed by atoms with van der Waals surface area (Å²) in [6.07, 6.45) is 0.690. The van der Waals surface area contributed by atoms with Crippen LogP contribution in [0.1, 0.15) is 10.6 Å². The molecule has 0 fully saturated rings. The Morgan fingerprint density at radius 3 is 2.74 bits per heavy atom. The highest BCUT2D eigenvalue weighted by molar-refractivity contribution is 8.01. The van der Waals surface area contributed by atoms with Gasteiger partial charge < -0.3 is 9.84 Å². The van der Waals surface area contributed by atoms with Crippen LogP contribution in [0.15, 0.2) is 28.6 Å². The van der Waals surface area contributed by atoms with Crippen LogP contribution in [0.2, 0.25) is 0 Å². The third-order valence-corrected chi connectivity index (χ3v) is 4.32. The molecule has 0 aliphatic heterocycles. The topological polar surface area (TPSA) is 72.3 Å². The average Bonchev–Trinajstić information content (AvgIpc) is 2.85. The summed E-state index contributed by atoms with van der Waals surface area (Å²) in [5.74, 6) is -0.0208. The Balaban J connectivity index is 1.96. The Bertz CT molecular complexity index is 554. The highest BCUT2D eigenvalue weighted by atomic mass is 32.2. The Morgan fingerprint density at radius 1 is 1.37 bits per heavy atom. The molecule has 0 radical (unpaired) electrons. The lowest BCUT2D eigenvalue weighted by Gasteiger charge is -2.00. The second kappa shape index (κ2) is 6.53. The lowest BCUT2D eigenvalue weighted by atomic mass is 10.1. The Morgan fingerprint density at radius 2 is 2.11 bits per heavy atom. The SMILES string of the molecule is COc1ccc(Cc2nnc(SCC(=O)O)s2)cc1. The third-order valence-electron chi connectivity index (χ3n) is 2.28. The Kier molecular flexibility index (Phi) is 4.75. The van der Waals surface area contributed by atoms with Gasteiger partial charge in [0.15, 0.2) is 4.34 Å². The minimum atomic E-state index is -0.850. The molecule has 1 N–H and O–H groups in total. The number of aliphatic carboxylic acids is 1. The molecule has 0 spiro atoms. The predicted molar refractivity (Wildman–Crippen MR) is 74.1 cm³/mol. The van der Waals surface area contributed by atoms with Crippen molar-refractivity contribution in [3.8, 4) is 5.75 Å². The quantitative estimate of drug-likeness (QED) is 0.825. The first-order valence-electron chi connectivity index (χ1n) is 5.47. The second-order valence-electron chi connectivity index (χ2n) is 3.67. The van der Waals surface area contributed by atoms with Gasteiger partial charge >= 0.3 is 5.97 Å². The highest BCUT2D eigenvalue weighted by Gasteiger charge is 2.07. The Hall–Kier alpha value is -1.60. The second-order valence-corrected chi connectivity index (χ2v) is 5.95. The smallest absolute Gasteiger partial charge is 0.313 e. The fraction of sp³-hybridized carbons (Fsp3) is 0.250. The molecule has 0 amide bonds. The number of benzene rings is 1. The number of hydrogen-bond acceptors (Lipinski definition) is 6. The number of ether oxygens (including phenoxy) is 1. The molecule has 5 nitrogen and oxygen atoms in total. The van der Waals surface area contributed by atoms with Crippen LogP contribution in [0.5, 0.6) is 5.75 Å². The van der Waals surface area contributed by atoms with Crippen molar-refractivity contribution < 1.29 is 14.6 Å². The van der Waals surface area contributed by atoms with Crippen LogP contribution in [0.3, 0.4) is 0 Å². The first-order valence-corrected chi connectivity index (χ1v) is 7.27. The van der Waals surface area contributed by atoms with Crippen LogP contribution in [0.4, 0.5) is 0 Å². The number of rotatable bonds is 6. The van der Waals surface area contributed by atoms with E-state index >= 15 is 0 Å². The summed E-state index contributed by atoms with van der Waals surface area (Å²) in [7, 11) is 1.63. The van der Waals surface area contributed by atoms with Gasteiger partial charge in [-0.05, 0) is 17.7 Å². The van der Waals surface area contributed by atoms with Crippen molar-refractivity contribution in [3.63, 3.8) is 0 Å². The van der Waals surface area contributed by atoms with Gasteiger partial charge in [0.05, 0.1) is 12.9 Å². The zero-order valence-electron chi connectivity index (χ0n) is 10.2. The van der Waals surface area contributed by atoms with Gasteiger partial charge in [-0.25, -0.2) is 0 Å². The molecular formula is C12H12N2O3S2. The number of carboxylic acid groups (broad SMARTS) is 1. The molecule has 0 bridgehead atoms. The third kappa shape index (κ3) is 4.22. The zero-order valence-corrected chi connectivity index (χ0v) is 11.8. The van der Waals surface area contributed by atoms with Crippen LogP contribution in [-0.4, -0.2) is 34.1 Å². The monoisotopic (exact) mass is 296 g/mol. The molecular weight excluding hydrogens is 284 g/mol. The molecule has 7 heteroatoms. The summed E-state index contributed by atoms with van der Waals surface area (Å²) in [5.41, 5.74) is 1.12. The van der Waals surface area contributed by atoms with E-state index in [9.17, 15) is 4.79 Å². The van der Waals surface area contributed by atoms with Gasteiger partial charge in [-0.1, -0.05) is 35.2 Å². The zero-order chi connectivity index (χ0) is 13.7. The molecule has 0 unspecified atom stereocenters. The van der Waals surface area contributed by atoms with Gasteiger partial charge in [0.25, 0.3) is 0 Å². The van der Waals surface area contributed by atoms with Crippen LogP contribution < -0.4 is 4.74 Å². The van der Waals surface area contributed by atoms with Gasteiger partial charge in [-0.3, -0.25) is 4.79 Å². The number of methoxy groups -OCH3 is 1. The van der Waals surface area contributed by atoms with Gasteiger partial charge in [0, 0.05) is 6.42 Å². The number of carboxylic acids is 1. The maximum absolute atomic E-state index is 10.5. The largest absolute Gasteiger partial charge is 0.497 e. The highest BCUT2D eigenvalue weighted by Crippen LogP contribution is 2.24. The molecule has 0 aliphatic carbocycles. The maximum atomic E-state index is 10.5. The van der Waals surface area contributed by atoms with Crippen LogP contribution in [0.25, 0.3) is 0 Å². The van der Waals surface area contributed by atoms with E-state index in [0.717, 1.165) is 16.3 Å². The van der Waals surface area contributed by atoms with Crippen molar-refractivity contribution in [3.05, 3.63) is 34.8 Å². The molecule has 0 saturated heterocycles. The molecule has 1 aromatic heterocycles. The molecule has 1 aromatic carbocycles. The van der Waals surface area contributed by atoms with E-state index in [1.165, 1.54) is 23.1 Å². The van der Waals surface area contributed by atoms with Gasteiger partial charge in [0.2, 0.25) is 0 Å². The van der Waals surface area contributed by atoms with Crippen molar-refractivity contribution in [2.45, 2.75) is 10.8 Å². The molecule has 19 heavy (non-hydrogen) atoms. The van der Waals surface area contributed by atoms with Crippen molar-refractivity contribution in [2.75, 3.05) is 12.9 Å². The molecule has 0 atom stereocenters. The van der Waals surface area contributed by atoms with E-state index in [-0.39, 0.29) is 5.75 Å². The molecule has 0 saturated carbocycles. The van der Waals surface area contributed by atoms with Crippen molar-refractivity contribution >= 4 is 29.1 Å². The van der Waals surface area contributed by atoms with E-state index in [1.54, 1.807) is 7.11 Å². The summed E-state index contributed by atoms with van der Waals surface area (Å²) in [6, 6.07) is 7.75. The lowest BCUT2D eigenvalue weighted by molar-refractivity contribution is -0.133. The number of nitrogens with zero attached hydrogens (tertiary/aromatic N) is 2. The van der Waals surface area contributed by atoms with Gasteiger partial charge in [-0.2, -0.15) is 0 Å². The maximum Gasteiger partial charge on any atom is 0.313 e. The summed E-state index contributed by atoms with van der Waals surface area (Å²) < 4.78 is 5.78. The summed E-state index contributed by atoms with van der Waals surface area (Å²) >= 11 is 2.62. The number of hydrogen-bond donors (Lipinski definition) is 1. The van der Waals surface area contributed by atoms with Crippen molar-refractivity contribution in [1.29, 1.82) is 0 Å². The van der Waals surface area contributed by atoms with E-state index in [0.29, 0.717) is 10.8 Å². The number of carbonyl (C=O) groups is 1. The fourth-order valence-corrected chi connectivity index (χ4v) is 3.06. The van der Waals surface area contributed by atoms with E-state index in [2.05, 4.69) is 10.2 Å². The summed E-state index contributed by atoms with van der Waals surface area (Å²) in [5, 5.41) is 17.5. The molecule has 2 aromatic rings. The van der Waals surface area contributed by atoms with Gasteiger partial charge in [0.1, 0.15) is 10.8 Å². The number of thioether (sulfide) groups is 1. The van der Waals surface area contributed by atoms with Crippen molar-refractivity contribution in [1.82, 2.24) is 10.2 Å². The first-order chi connectivity index (χ1) is 9.17. The standard InChI is InChI=1S/C12H12N2O3S2/c1-17-9-4-2-8(3-5-9)6-10-13-14-12(19-10)18-7-11(15)16/h2-5H,6-7H2,1H3,(H,15,16). The van der Waals surface area contributed by atoms with E-state index in [1.807, 2.05) is 24.3 Å². The Labute approximate surface area is 118 Å². The minimum Gasteiger partial charge on any atom is -0.497 e. The van der Waals surface area contributed by atoms with Crippen LogP contribution in [-0.2, 0) is 11.2 Å².